The Kier molecular flexibility index (Phi) is 6.94. The van der Waals surface area contributed by atoms with Crippen LogP contribution in [-0.4, -0.2) is 36.0 Å². The van der Waals surface area contributed by atoms with Crippen molar-refractivity contribution in [1.29, 1.82) is 5.26 Å². The molecule has 1 fully saturated rings. The van der Waals surface area contributed by atoms with E-state index in [9.17, 15) is 14.9 Å². The van der Waals surface area contributed by atoms with Crippen LogP contribution < -0.4 is 9.47 Å². The van der Waals surface area contributed by atoms with E-state index in [0.29, 0.717) is 35.9 Å². The summed E-state index contributed by atoms with van der Waals surface area (Å²) in [5.41, 5.74) is 1.59. The van der Waals surface area contributed by atoms with Crippen molar-refractivity contribution in [1.82, 2.24) is 4.90 Å². The number of rotatable bonds is 7. The molecule has 1 aliphatic heterocycles. The number of nitrogens with zero attached hydrogens (tertiary/aromatic N) is 2. The Hall–Kier alpha value is -3.07. The number of benzene rings is 1. The van der Waals surface area contributed by atoms with Gasteiger partial charge in [0, 0.05) is 11.6 Å². The molecule has 0 radical (unpaired) electrons. The minimum absolute atomic E-state index is 0.0423. The maximum atomic E-state index is 13.3. The molecule has 6 heteroatoms. The van der Waals surface area contributed by atoms with Crippen molar-refractivity contribution in [2.45, 2.75) is 58.9 Å². The third-order valence-electron chi connectivity index (χ3n) is 5.50. The van der Waals surface area contributed by atoms with Crippen LogP contribution in [0.1, 0.15) is 58.4 Å². The Labute approximate surface area is 177 Å². The number of carbonyl (C=O) groups is 2. The fourth-order valence-electron chi connectivity index (χ4n) is 3.97. The number of imide groups is 1. The molecule has 0 atom stereocenters. The third kappa shape index (κ3) is 4.25. The van der Waals surface area contributed by atoms with E-state index in [1.54, 1.807) is 13.0 Å². The van der Waals surface area contributed by atoms with Crippen molar-refractivity contribution in [3.8, 4) is 17.6 Å². The average molecular weight is 408 g/mol. The number of amides is 2. The zero-order valence-electron chi connectivity index (χ0n) is 17.9. The molecule has 30 heavy (non-hydrogen) atoms. The molecule has 2 aliphatic rings. The van der Waals surface area contributed by atoms with Gasteiger partial charge in [0.1, 0.15) is 11.6 Å². The van der Waals surface area contributed by atoms with Gasteiger partial charge < -0.3 is 9.47 Å². The molecule has 2 amide bonds. The molecule has 1 aromatic carbocycles. The lowest BCUT2D eigenvalue weighted by molar-refractivity contribution is -0.143. The first-order chi connectivity index (χ1) is 14.5. The lowest BCUT2D eigenvalue weighted by Crippen LogP contribution is -2.47. The van der Waals surface area contributed by atoms with Gasteiger partial charge in [-0.2, -0.15) is 5.26 Å². The average Bonchev–Trinajstić information content (AvgIpc) is 3.25. The van der Waals surface area contributed by atoms with Gasteiger partial charge in [-0.3, -0.25) is 14.5 Å². The van der Waals surface area contributed by atoms with E-state index in [1.807, 2.05) is 38.1 Å². The minimum Gasteiger partial charge on any atom is -0.490 e. The number of nitriles is 1. The van der Waals surface area contributed by atoms with Crippen LogP contribution in [0.4, 0.5) is 0 Å². The van der Waals surface area contributed by atoms with E-state index in [0.717, 1.165) is 37.7 Å². The molecule has 3 rings (SSSR count). The Morgan fingerprint density at radius 3 is 2.50 bits per heavy atom. The Balaban J connectivity index is 2.02. The highest BCUT2D eigenvalue weighted by Crippen LogP contribution is 2.34. The molecule has 0 unspecified atom stereocenters. The summed E-state index contributed by atoms with van der Waals surface area (Å²) in [7, 11) is 0. The third-order valence-corrected chi connectivity index (χ3v) is 5.50. The summed E-state index contributed by atoms with van der Waals surface area (Å²) in [5, 5.41) is 9.57. The van der Waals surface area contributed by atoms with Crippen molar-refractivity contribution < 1.29 is 19.1 Å². The predicted octanol–water partition coefficient (Wildman–Crippen LogP) is 4.41. The van der Waals surface area contributed by atoms with Crippen LogP contribution in [0.15, 0.2) is 34.9 Å². The minimum atomic E-state index is -0.470. The zero-order valence-corrected chi connectivity index (χ0v) is 17.9. The van der Waals surface area contributed by atoms with Crippen molar-refractivity contribution in [3.63, 3.8) is 0 Å². The summed E-state index contributed by atoms with van der Waals surface area (Å²) >= 11 is 0. The maximum absolute atomic E-state index is 13.3. The van der Waals surface area contributed by atoms with Crippen LogP contribution in [0.3, 0.4) is 0 Å². The van der Waals surface area contributed by atoms with Gasteiger partial charge in [0.15, 0.2) is 11.5 Å². The Bertz CT molecular complexity index is 933. The molecule has 0 bridgehead atoms. The van der Waals surface area contributed by atoms with E-state index in [4.69, 9.17) is 9.47 Å². The zero-order chi connectivity index (χ0) is 21.7. The molecule has 0 saturated heterocycles. The first-order valence-electron chi connectivity index (χ1n) is 10.6. The van der Waals surface area contributed by atoms with Crippen LogP contribution in [0.2, 0.25) is 0 Å². The normalized spacial score (nSPS) is 18.9. The summed E-state index contributed by atoms with van der Waals surface area (Å²) in [4.78, 5) is 27.4. The van der Waals surface area contributed by atoms with Gasteiger partial charge in [0.05, 0.1) is 13.2 Å². The number of ether oxygens (including phenoxy) is 2. The summed E-state index contributed by atoms with van der Waals surface area (Å²) in [6, 6.07) is 7.38. The van der Waals surface area contributed by atoms with E-state index < -0.39 is 5.91 Å². The van der Waals surface area contributed by atoms with Crippen LogP contribution >= 0.6 is 0 Å². The second-order valence-electron chi connectivity index (χ2n) is 7.58. The number of hydrogen-bond acceptors (Lipinski definition) is 5. The topological polar surface area (TPSA) is 79.6 Å². The van der Waals surface area contributed by atoms with Crippen LogP contribution in [0.5, 0.6) is 11.5 Å². The second kappa shape index (κ2) is 9.62. The molecular weight excluding hydrogens is 380 g/mol. The summed E-state index contributed by atoms with van der Waals surface area (Å²) in [5.74, 6) is 0.466. The smallest absolute Gasteiger partial charge is 0.271 e. The molecule has 158 valence electrons. The molecule has 0 spiro atoms. The van der Waals surface area contributed by atoms with Gasteiger partial charge >= 0.3 is 0 Å². The first kappa shape index (κ1) is 21.6. The molecule has 1 saturated carbocycles. The van der Waals surface area contributed by atoms with Gasteiger partial charge in [-0.25, -0.2) is 0 Å². The highest BCUT2D eigenvalue weighted by molar-refractivity contribution is 6.19. The standard InChI is InChI=1S/C24H28N2O4/c1-4-12-30-21-11-10-17(14-22(21)29-5-2)13-19-16(3)20(15-25)24(28)26(23(19)27)18-8-6-7-9-18/h10-11,13-14,18H,4-9,12H2,1-3H3/b19-13+. The monoisotopic (exact) mass is 408 g/mol. The highest BCUT2D eigenvalue weighted by Gasteiger charge is 2.40. The van der Waals surface area contributed by atoms with Crippen molar-refractivity contribution >= 4 is 17.9 Å². The largest absolute Gasteiger partial charge is 0.490 e. The predicted molar refractivity (Wildman–Crippen MR) is 114 cm³/mol. The van der Waals surface area contributed by atoms with Crippen LogP contribution in [0.25, 0.3) is 6.08 Å². The van der Waals surface area contributed by atoms with Gasteiger partial charge in [0.2, 0.25) is 0 Å². The SMILES string of the molecule is CCCOc1ccc(/C=C2/C(=O)N(C3CCCC3)C(=O)C(C#N)=C2C)cc1OCC. The van der Waals surface area contributed by atoms with Gasteiger partial charge in [0.25, 0.3) is 11.8 Å². The van der Waals surface area contributed by atoms with E-state index in [2.05, 4.69) is 0 Å². The highest BCUT2D eigenvalue weighted by atomic mass is 16.5. The van der Waals surface area contributed by atoms with Crippen LogP contribution in [-0.2, 0) is 9.59 Å². The number of carbonyl (C=O) groups excluding carboxylic acids is 2. The fraction of sp³-hybridized carbons (Fsp3) is 0.458. The lowest BCUT2D eigenvalue weighted by atomic mass is 9.92. The van der Waals surface area contributed by atoms with E-state index in [-0.39, 0.29) is 17.5 Å². The Morgan fingerprint density at radius 2 is 1.87 bits per heavy atom. The fourth-order valence-corrected chi connectivity index (χ4v) is 3.97. The Morgan fingerprint density at radius 1 is 1.13 bits per heavy atom. The molecule has 1 aromatic rings. The molecule has 1 heterocycles. The summed E-state index contributed by atoms with van der Waals surface area (Å²) in [6.45, 7) is 6.67. The van der Waals surface area contributed by atoms with Crippen molar-refractivity contribution in [3.05, 3.63) is 40.5 Å². The van der Waals surface area contributed by atoms with Gasteiger partial charge in [-0.1, -0.05) is 25.8 Å². The molecule has 0 aromatic heterocycles. The second-order valence-corrected chi connectivity index (χ2v) is 7.58. The summed E-state index contributed by atoms with van der Waals surface area (Å²) < 4.78 is 11.5. The molecule has 6 nitrogen and oxygen atoms in total. The van der Waals surface area contributed by atoms with E-state index >= 15 is 0 Å². The molecule has 0 N–H and O–H groups in total. The summed E-state index contributed by atoms with van der Waals surface area (Å²) in [6.07, 6.45) is 6.18. The maximum Gasteiger partial charge on any atom is 0.271 e. The molecule has 1 aliphatic carbocycles. The van der Waals surface area contributed by atoms with Gasteiger partial charge in [-0.15, -0.1) is 0 Å². The van der Waals surface area contributed by atoms with Crippen molar-refractivity contribution in [2.24, 2.45) is 0 Å². The molecular formula is C24H28N2O4. The first-order valence-corrected chi connectivity index (χ1v) is 10.6. The number of hydrogen-bond donors (Lipinski definition) is 0. The van der Waals surface area contributed by atoms with Gasteiger partial charge in [-0.05, 0) is 62.5 Å². The van der Waals surface area contributed by atoms with Crippen molar-refractivity contribution in [2.75, 3.05) is 13.2 Å². The van der Waals surface area contributed by atoms with Crippen LogP contribution in [0, 0.1) is 11.3 Å². The lowest BCUT2D eigenvalue weighted by Gasteiger charge is -2.32. The van der Waals surface area contributed by atoms with E-state index in [1.165, 1.54) is 4.90 Å². The quantitative estimate of drug-likeness (QED) is 0.493.